The molecule has 3 heteroatoms. The third-order valence-electron chi connectivity index (χ3n) is 3.64. The second-order valence-corrected chi connectivity index (χ2v) is 6.23. The fraction of sp³-hybridized carbons (Fsp3) is 0.235. The molecule has 0 spiro atoms. The largest absolute Gasteiger partial charge is 0.312 e. The lowest BCUT2D eigenvalue weighted by molar-refractivity contribution is 0.603. The van der Waals surface area contributed by atoms with Gasteiger partial charge >= 0.3 is 0 Å². The molecule has 2 nitrogen and oxygen atoms in total. The molecule has 2 aromatic carbocycles. The molecule has 3 aromatic rings. The summed E-state index contributed by atoms with van der Waals surface area (Å²) in [6.07, 6.45) is 2.98. The maximum Gasteiger partial charge on any atom is 0.0897 e. The van der Waals surface area contributed by atoms with E-state index in [1.807, 2.05) is 13.2 Å². The molecule has 1 N–H and O–H groups in total. The minimum Gasteiger partial charge on any atom is -0.312 e. The van der Waals surface area contributed by atoms with E-state index in [0.717, 1.165) is 11.4 Å². The standard InChI is InChI=1S/C17H18N2S/c1-12-19-11-17(20-12)16(18-2)10-14-8-5-7-13-6-3-4-9-15(13)14/h3-9,11,16,18H,10H2,1-2H3. The first-order chi connectivity index (χ1) is 9.78. The van der Waals surface area contributed by atoms with Crippen molar-refractivity contribution in [1.82, 2.24) is 10.3 Å². The Bertz CT molecular complexity index is 712. The summed E-state index contributed by atoms with van der Waals surface area (Å²) in [6, 6.07) is 15.4. The molecule has 0 fully saturated rings. The normalized spacial score (nSPS) is 12.7. The van der Waals surface area contributed by atoms with Crippen LogP contribution in [0.25, 0.3) is 10.8 Å². The van der Waals surface area contributed by atoms with E-state index in [4.69, 9.17) is 0 Å². The van der Waals surface area contributed by atoms with E-state index in [9.17, 15) is 0 Å². The molecule has 0 bridgehead atoms. The van der Waals surface area contributed by atoms with E-state index < -0.39 is 0 Å². The molecule has 0 amide bonds. The molecule has 0 saturated carbocycles. The highest BCUT2D eigenvalue weighted by Crippen LogP contribution is 2.27. The molecule has 1 atom stereocenters. The number of nitrogens with zero attached hydrogens (tertiary/aromatic N) is 1. The van der Waals surface area contributed by atoms with Crippen LogP contribution in [0.15, 0.2) is 48.7 Å². The Morgan fingerprint density at radius 2 is 1.95 bits per heavy atom. The van der Waals surface area contributed by atoms with Gasteiger partial charge in [-0.1, -0.05) is 42.5 Å². The third kappa shape index (κ3) is 2.60. The fourth-order valence-corrected chi connectivity index (χ4v) is 3.47. The average molecular weight is 282 g/mol. The molecule has 20 heavy (non-hydrogen) atoms. The van der Waals surface area contributed by atoms with Crippen LogP contribution in [0.3, 0.4) is 0 Å². The molecule has 3 rings (SSSR count). The third-order valence-corrected chi connectivity index (χ3v) is 4.66. The Morgan fingerprint density at radius 3 is 2.70 bits per heavy atom. The number of likely N-dealkylation sites (N-methyl/N-ethyl adjacent to an activating group) is 1. The minimum absolute atomic E-state index is 0.326. The van der Waals surface area contributed by atoms with Gasteiger partial charge in [-0.3, -0.25) is 0 Å². The molecule has 1 unspecified atom stereocenters. The van der Waals surface area contributed by atoms with Crippen molar-refractivity contribution in [1.29, 1.82) is 0 Å². The number of hydrogen-bond acceptors (Lipinski definition) is 3. The highest BCUT2D eigenvalue weighted by atomic mass is 32.1. The van der Waals surface area contributed by atoms with E-state index in [1.165, 1.54) is 21.2 Å². The lowest BCUT2D eigenvalue weighted by Gasteiger charge is -2.15. The second-order valence-electron chi connectivity index (χ2n) is 4.97. The summed E-state index contributed by atoms with van der Waals surface area (Å²) in [5, 5.41) is 7.19. The highest BCUT2D eigenvalue weighted by Gasteiger charge is 2.14. The molecule has 0 aliphatic carbocycles. The van der Waals surface area contributed by atoms with Gasteiger partial charge < -0.3 is 5.32 Å². The summed E-state index contributed by atoms with van der Waals surface area (Å²) in [5.74, 6) is 0. The summed E-state index contributed by atoms with van der Waals surface area (Å²) < 4.78 is 0. The van der Waals surface area contributed by atoms with Gasteiger partial charge in [0.15, 0.2) is 0 Å². The minimum atomic E-state index is 0.326. The van der Waals surface area contributed by atoms with Crippen molar-refractivity contribution in [3.63, 3.8) is 0 Å². The molecular weight excluding hydrogens is 264 g/mol. The summed E-state index contributed by atoms with van der Waals surface area (Å²) in [4.78, 5) is 5.67. The topological polar surface area (TPSA) is 24.9 Å². The van der Waals surface area contributed by atoms with Gasteiger partial charge in [0.25, 0.3) is 0 Å². The smallest absolute Gasteiger partial charge is 0.0897 e. The number of hydrogen-bond donors (Lipinski definition) is 1. The van der Waals surface area contributed by atoms with Crippen LogP contribution in [0.1, 0.15) is 21.5 Å². The van der Waals surface area contributed by atoms with Crippen molar-refractivity contribution in [3.05, 3.63) is 64.1 Å². The Kier molecular flexibility index (Phi) is 3.81. The van der Waals surface area contributed by atoms with E-state index >= 15 is 0 Å². The fourth-order valence-electron chi connectivity index (χ4n) is 2.57. The number of nitrogens with one attached hydrogen (secondary N) is 1. The van der Waals surface area contributed by atoms with Crippen LogP contribution >= 0.6 is 11.3 Å². The van der Waals surface area contributed by atoms with Gasteiger partial charge in [0, 0.05) is 17.1 Å². The number of benzene rings is 2. The highest BCUT2D eigenvalue weighted by molar-refractivity contribution is 7.11. The number of aromatic nitrogens is 1. The molecule has 0 saturated heterocycles. The second kappa shape index (κ2) is 5.73. The maximum absolute atomic E-state index is 4.37. The molecule has 0 aliphatic heterocycles. The van der Waals surface area contributed by atoms with Gasteiger partial charge in [-0.05, 0) is 36.7 Å². The lowest BCUT2D eigenvalue weighted by Crippen LogP contribution is -2.17. The van der Waals surface area contributed by atoms with E-state index in [-0.39, 0.29) is 0 Å². The van der Waals surface area contributed by atoms with Crippen LogP contribution in [0.2, 0.25) is 0 Å². The molecule has 1 aromatic heterocycles. The van der Waals surface area contributed by atoms with Crippen LogP contribution in [0, 0.1) is 6.92 Å². The number of rotatable bonds is 4. The van der Waals surface area contributed by atoms with Crippen molar-refractivity contribution >= 4 is 22.1 Å². The first-order valence-corrected chi connectivity index (χ1v) is 7.66. The zero-order valence-electron chi connectivity index (χ0n) is 11.8. The van der Waals surface area contributed by atoms with Crippen molar-refractivity contribution in [2.24, 2.45) is 0 Å². The predicted octanol–water partition coefficient (Wildman–Crippen LogP) is 4.11. The number of fused-ring (bicyclic) bond motifs is 1. The Balaban J connectivity index is 1.95. The zero-order valence-corrected chi connectivity index (χ0v) is 12.6. The molecule has 0 aliphatic rings. The lowest BCUT2D eigenvalue weighted by atomic mass is 9.98. The zero-order chi connectivity index (χ0) is 13.9. The van der Waals surface area contributed by atoms with Gasteiger partial charge in [-0.2, -0.15) is 0 Å². The Hall–Kier alpha value is -1.71. The van der Waals surface area contributed by atoms with Gasteiger partial charge in [-0.15, -0.1) is 11.3 Å². The Morgan fingerprint density at radius 1 is 1.15 bits per heavy atom. The Labute approximate surface area is 123 Å². The van der Waals surface area contributed by atoms with Crippen LogP contribution < -0.4 is 5.32 Å². The van der Waals surface area contributed by atoms with Gasteiger partial charge in [0.05, 0.1) is 5.01 Å². The van der Waals surface area contributed by atoms with E-state index in [1.54, 1.807) is 11.3 Å². The van der Waals surface area contributed by atoms with Crippen molar-refractivity contribution in [3.8, 4) is 0 Å². The predicted molar refractivity (Wildman–Crippen MR) is 86.3 cm³/mol. The molecular formula is C17H18N2S. The summed E-state index contributed by atoms with van der Waals surface area (Å²) in [5.41, 5.74) is 1.38. The maximum atomic E-state index is 4.37. The van der Waals surface area contributed by atoms with E-state index in [2.05, 4.69) is 59.7 Å². The van der Waals surface area contributed by atoms with Crippen molar-refractivity contribution < 1.29 is 0 Å². The quantitative estimate of drug-likeness (QED) is 0.779. The van der Waals surface area contributed by atoms with Crippen molar-refractivity contribution in [2.75, 3.05) is 7.05 Å². The molecule has 0 radical (unpaired) electrons. The van der Waals surface area contributed by atoms with Gasteiger partial charge in [0.1, 0.15) is 0 Å². The monoisotopic (exact) mass is 282 g/mol. The van der Waals surface area contributed by atoms with Gasteiger partial charge in [-0.25, -0.2) is 4.98 Å². The SMILES string of the molecule is CNC(Cc1cccc2ccccc12)c1cnc(C)s1. The number of thiazole rings is 1. The summed E-state index contributed by atoms with van der Waals surface area (Å²) in [7, 11) is 2.02. The van der Waals surface area contributed by atoms with Crippen LogP contribution in [0.5, 0.6) is 0 Å². The molecule has 1 heterocycles. The number of aryl methyl sites for hydroxylation is 1. The average Bonchev–Trinajstić information content (AvgIpc) is 2.91. The first-order valence-electron chi connectivity index (χ1n) is 6.84. The summed E-state index contributed by atoms with van der Waals surface area (Å²) >= 11 is 1.77. The van der Waals surface area contributed by atoms with E-state index in [0.29, 0.717) is 6.04 Å². The van der Waals surface area contributed by atoms with Crippen LogP contribution in [-0.4, -0.2) is 12.0 Å². The van der Waals surface area contributed by atoms with Crippen LogP contribution in [-0.2, 0) is 6.42 Å². The summed E-state index contributed by atoms with van der Waals surface area (Å²) in [6.45, 7) is 2.05. The van der Waals surface area contributed by atoms with Crippen LogP contribution in [0.4, 0.5) is 0 Å². The molecule has 102 valence electrons. The van der Waals surface area contributed by atoms with Gasteiger partial charge in [0.2, 0.25) is 0 Å². The first kappa shape index (κ1) is 13.3. The van der Waals surface area contributed by atoms with Crippen molar-refractivity contribution in [2.45, 2.75) is 19.4 Å².